The molecule has 4 aromatic carbocycles. The summed E-state index contributed by atoms with van der Waals surface area (Å²) in [5.41, 5.74) is 4.88. The molecule has 2 fully saturated rings. The molecule has 1 aliphatic carbocycles. The number of hydrogen-bond acceptors (Lipinski definition) is 10. The topological polar surface area (TPSA) is 181 Å². The molecule has 15 nitrogen and oxygen atoms in total. The van der Waals surface area contributed by atoms with E-state index in [0.717, 1.165) is 33.4 Å². The van der Waals surface area contributed by atoms with Gasteiger partial charge in [-0.05, 0) is 92.2 Å². The summed E-state index contributed by atoms with van der Waals surface area (Å²) < 4.78 is 17.2. The van der Waals surface area contributed by atoms with Crippen molar-refractivity contribution < 1.29 is 47.8 Å². The zero-order valence-corrected chi connectivity index (χ0v) is 42.3. The zero-order chi connectivity index (χ0) is 51.5. The van der Waals surface area contributed by atoms with Gasteiger partial charge in [0.05, 0.1) is 6.42 Å². The lowest BCUT2D eigenvalue weighted by atomic mass is 9.94. The van der Waals surface area contributed by atoms with Gasteiger partial charge in [0, 0.05) is 32.5 Å². The van der Waals surface area contributed by atoms with Crippen LogP contribution in [0.3, 0.4) is 0 Å². The van der Waals surface area contributed by atoms with Gasteiger partial charge in [-0.15, -0.1) is 0 Å². The third-order valence-electron chi connectivity index (χ3n) is 14.0. The van der Waals surface area contributed by atoms with Gasteiger partial charge in [0.2, 0.25) is 23.6 Å². The molecule has 2 heterocycles. The van der Waals surface area contributed by atoms with Gasteiger partial charge >= 0.3 is 18.0 Å². The average Bonchev–Trinajstić information content (AvgIpc) is 4.01. The molecule has 15 heteroatoms. The number of ether oxygens (including phenoxy) is 3. The number of esters is 2. The van der Waals surface area contributed by atoms with Gasteiger partial charge in [-0.25, -0.2) is 9.59 Å². The number of hydrogen-bond donors (Lipinski definition) is 2. The number of nitrogens with zero attached hydrogens (tertiary/aromatic N) is 3. The Morgan fingerprint density at radius 2 is 1.26 bits per heavy atom. The molecule has 2 saturated heterocycles. The van der Waals surface area contributed by atoms with E-state index in [9.17, 15) is 33.6 Å². The zero-order valence-electron chi connectivity index (χ0n) is 42.3. The van der Waals surface area contributed by atoms with E-state index in [4.69, 9.17) is 14.2 Å². The van der Waals surface area contributed by atoms with Gasteiger partial charge < -0.3 is 39.5 Å². The highest BCUT2D eigenvalue weighted by molar-refractivity contribution is 5.97. The van der Waals surface area contributed by atoms with Crippen LogP contribution in [0.2, 0.25) is 0 Å². The van der Waals surface area contributed by atoms with Crippen LogP contribution in [0.15, 0.2) is 109 Å². The van der Waals surface area contributed by atoms with Crippen LogP contribution in [0.5, 0.6) is 0 Å². The summed E-state index contributed by atoms with van der Waals surface area (Å²) in [7, 11) is 1.45. The fourth-order valence-electron chi connectivity index (χ4n) is 10.0. The molecule has 4 aromatic rings. The van der Waals surface area contributed by atoms with E-state index < -0.39 is 83.9 Å². The first kappa shape index (κ1) is 52.8. The van der Waals surface area contributed by atoms with Gasteiger partial charge in [-0.2, -0.15) is 0 Å². The Balaban J connectivity index is 1.09. The molecule has 7 rings (SSSR count). The molecule has 0 saturated carbocycles. The van der Waals surface area contributed by atoms with E-state index in [1.54, 1.807) is 20.8 Å². The molecule has 2 aliphatic heterocycles. The van der Waals surface area contributed by atoms with Crippen LogP contribution in [0.4, 0.5) is 4.79 Å². The van der Waals surface area contributed by atoms with E-state index in [0.29, 0.717) is 32.1 Å². The number of likely N-dealkylation sites (N-methyl/N-ethyl adjacent to an activating group) is 1. The second kappa shape index (κ2) is 23.9. The third kappa shape index (κ3) is 12.9. The average molecular weight is 984 g/mol. The van der Waals surface area contributed by atoms with E-state index in [2.05, 4.69) is 10.6 Å². The summed E-state index contributed by atoms with van der Waals surface area (Å²) in [6.07, 6.45) is 1.62. The van der Waals surface area contributed by atoms with Crippen LogP contribution < -0.4 is 10.6 Å². The number of likely N-dealkylation sites (tertiary alicyclic amines) is 2. The number of fused-ring (bicyclic) bond motifs is 3. The summed E-state index contributed by atoms with van der Waals surface area (Å²) in [6, 6.07) is 28.7. The van der Waals surface area contributed by atoms with Gasteiger partial charge in [0.25, 0.3) is 0 Å². The highest BCUT2D eigenvalue weighted by atomic mass is 16.6. The van der Waals surface area contributed by atoms with E-state index in [1.807, 2.05) is 123 Å². The van der Waals surface area contributed by atoms with E-state index >= 15 is 0 Å². The SMILES string of the molecule is CCC(C)[C@H](NC(=O)OCC1c2ccccc2-c2ccccc21)C(=O)N1CCCC[C@@H]1C(=O)N[C@@H](CC(=O)OC(C)(C)C)C(=O)N(C)C(Cc1ccccc1)C(=O)N1CCC[C@H]1C(=O)OCc1ccccc1. The first-order valence-corrected chi connectivity index (χ1v) is 25.3. The van der Waals surface area contributed by atoms with Crippen molar-refractivity contribution in [1.29, 1.82) is 0 Å². The smallest absolute Gasteiger partial charge is 0.407 e. The van der Waals surface area contributed by atoms with Gasteiger partial charge in [-0.3, -0.25) is 24.0 Å². The number of benzene rings is 4. The monoisotopic (exact) mass is 984 g/mol. The summed E-state index contributed by atoms with van der Waals surface area (Å²) in [5, 5.41) is 5.65. The summed E-state index contributed by atoms with van der Waals surface area (Å²) in [4.78, 5) is 104. The summed E-state index contributed by atoms with van der Waals surface area (Å²) >= 11 is 0. The first-order chi connectivity index (χ1) is 34.5. The Labute approximate surface area is 422 Å². The van der Waals surface area contributed by atoms with Crippen LogP contribution >= 0.6 is 0 Å². The van der Waals surface area contributed by atoms with Gasteiger partial charge in [-0.1, -0.05) is 129 Å². The van der Waals surface area contributed by atoms with Crippen LogP contribution in [0.25, 0.3) is 11.1 Å². The molecule has 2 unspecified atom stereocenters. The molecule has 0 spiro atoms. The Hall–Kier alpha value is -7.03. The lowest BCUT2D eigenvalue weighted by Gasteiger charge is -2.39. The lowest BCUT2D eigenvalue weighted by molar-refractivity contribution is -0.160. The Morgan fingerprint density at radius 1 is 0.694 bits per heavy atom. The number of piperidine rings is 1. The van der Waals surface area contributed by atoms with Crippen LogP contribution in [-0.4, -0.2) is 119 Å². The Bertz CT molecular complexity index is 2520. The maximum atomic E-state index is 15.0. The molecular formula is C57H69N5O10. The van der Waals surface area contributed by atoms with Crippen molar-refractivity contribution in [2.45, 2.75) is 134 Å². The second-order valence-electron chi connectivity index (χ2n) is 20.2. The van der Waals surface area contributed by atoms with Crippen molar-refractivity contribution in [3.05, 3.63) is 131 Å². The maximum absolute atomic E-state index is 15.0. The maximum Gasteiger partial charge on any atom is 0.407 e. The fraction of sp³-hybridized carbons (Fsp3) is 0.456. The number of rotatable bonds is 18. The predicted octanol–water partition coefficient (Wildman–Crippen LogP) is 7.34. The van der Waals surface area contributed by atoms with E-state index in [-0.39, 0.29) is 51.0 Å². The number of amides is 5. The van der Waals surface area contributed by atoms with Gasteiger partial charge in [0.1, 0.15) is 49.0 Å². The second-order valence-corrected chi connectivity index (χ2v) is 20.2. The number of carbonyl (C=O) groups excluding carboxylic acids is 7. The predicted molar refractivity (Wildman–Crippen MR) is 271 cm³/mol. The molecule has 0 radical (unpaired) electrons. The van der Waals surface area contributed by atoms with E-state index in [1.165, 1.54) is 21.7 Å². The Kier molecular flexibility index (Phi) is 17.5. The molecule has 2 N–H and O–H groups in total. The molecule has 0 aromatic heterocycles. The quantitative estimate of drug-likeness (QED) is 0.0757. The summed E-state index contributed by atoms with van der Waals surface area (Å²) in [6.45, 7) is 9.38. The minimum atomic E-state index is -1.52. The van der Waals surface area contributed by atoms with Gasteiger partial charge in [0.15, 0.2) is 0 Å². The largest absolute Gasteiger partial charge is 0.460 e. The van der Waals surface area contributed by atoms with Crippen LogP contribution in [0, 0.1) is 5.92 Å². The van der Waals surface area contributed by atoms with Crippen molar-refractivity contribution in [2.75, 3.05) is 26.7 Å². The molecule has 5 amide bonds. The molecule has 72 heavy (non-hydrogen) atoms. The van der Waals surface area contributed by atoms with Crippen molar-refractivity contribution in [1.82, 2.24) is 25.3 Å². The van der Waals surface area contributed by atoms with Crippen molar-refractivity contribution in [3.63, 3.8) is 0 Å². The molecule has 6 atom stereocenters. The molecule has 3 aliphatic rings. The lowest BCUT2D eigenvalue weighted by Crippen LogP contribution is -2.62. The first-order valence-electron chi connectivity index (χ1n) is 25.3. The number of carbonyl (C=O) groups is 7. The summed E-state index contributed by atoms with van der Waals surface area (Å²) in [5.74, 6) is -4.22. The van der Waals surface area contributed by atoms with Crippen molar-refractivity contribution in [3.8, 4) is 11.1 Å². The fourth-order valence-corrected chi connectivity index (χ4v) is 10.0. The molecular weight excluding hydrogens is 915 g/mol. The normalized spacial score (nSPS) is 18.1. The number of nitrogens with one attached hydrogen (secondary N) is 2. The van der Waals surface area contributed by atoms with Crippen molar-refractivity contribution in [2.24, 2.45) is 5.92 Å². The molecule has 0 bridgehead atoms. The molecule has 382 valence electrons. The van der Waals surface area contributed by atoms with Crippen LogP contribution in [-0.2, 0) is 56.0 Å². The number of alkyl carbamates (subject to hydrolysis) is 1. The van der Waals surface area contributed by atoms with Crippen LogP contribution in [0.1, 0.15) is 108 Å². The third-order valence-corrected chi connectivity index (χ3v) is 14.0. The minimum Gasteiger partial charge on any atom is -0.460 e. The minimum absolute atomic E-state index is 0.0352. The van der Waals surface area contributed by atoms with Crippen molar-refractivity contribution >= 4 is 41.7 Å². The highest BCUT2D eigenvalue weighted by Gasteiger charge is 2.44. The highest BCUT2D eigenvalue weighted by Crippen LogP contribution is 2.44. The standard InChI is InChI=1S/C57H69N5O10/c1-7-37(2)50(59-56(69)71-36-44-42-27-16-14-25-40(42)41-26-15-17-28-43(41)44)54(67)61-31-19-18-29-46(61)51(64)58-45(34-49(63)72-57(3,4)5)52(65)60(6)48(33-38-21-10-8-11-22-38)53(66)62-32-20-30-47(62)55(68)70-35-39-23-12-9-13-24-39/h8-17,21-28,37,44-48,50H,7,18-20,29-36H2,1-6H3,(H,58,64)(H,59,69)/t37?,45-,46+,47-,48?,50-/m0/s1. The Morgan fingerprint density at radius 3 is 1.89 bits per heavy atom.